The maximum absolute atomic E-state index is 11.4. The van der Waals surface area contributed by atoms with Gasteiger partial charge in [0.15, 0.2) is 0 Å². The number of benzene rings is 1. The zero-order valence-electron chi connectivity index (χ0n) is 8.94. The molecule has 0 saturated heterocycles. The molecule has 0 fully saturated rings. The van der Waals surface area contributed by atoms with Crippen LogP contribution in [0.1, 0.15) is 12.0 Å². The average molecular weight is 261 g/mol. The van der Waals surface area contributed by atoms with Gasteiger partial charge >= 0.3 is 0 Å². The lowest BCUT2D eigenvalue weighted by atomic mass is 10.1. The highest BCUT2D eigenvalue weighted by Crippen LogP contribution is 2.10. The van der Waals surface area contributed by atoms with E-state index in [1.165, 1.54) is 0 Å². The fourth-order valence-corrected chi connectivity index (χ4v) is 1.94. The molecule has 0 amide bonds. The van der Waals surface area contributed by atoms with Gasteiger partial charge in [0, 0.05) is 24.1 Å². The minimum atomic E-state index is -3.06. The van der Waals surface area contributed by atoms with Crippen LogP contribution in [0.2, 0.25) is 5.02 Å². The van der Waals surface area contributed by atoms with Crippen LogP contribution in [0.4, 0.5) is 0 Å². The molecule has 0 heterocycles. The van der Waals surface area contributed by atoms with Gasteiger partial charge in [-0.3, -0.25) is 4.79 Å². The standard InChI is InChI=1S/C11H13ClO3S/c1-16(14,15)7-6-11(13)8-9-2-4-10(12)5-3-9/h2-5H,6-8H2,1H3. The first-order valence-electron chi connectivity index (χ1n) is 4.81. The minimum Gasteiger partial charge on any atom is -0.299 e. The predicted octanol–water partition coefficient (Wildman–Crippen LogP) is 1.89. The Labute approximate surface area is 100 Å². The first-order valence-corrected chi connectivity index (χ1v) is 7.24. The van der Waals surface area contributed by atoms with Crippen molar-refractivity contribution in [1.29, 1.82) is 0 Å². The molecule has 1 rings (SSSR count). The van der Waals surface area contributed by atoms with Crippen LogP contribution in [-0.4, -0.2) is 26.2 Å². The quantitative estimate of drug-likeness (QED) is 0.812. The summed E-state index contributed by atoms with van der Waals surface area (Å²) in [7, 11) is -3.06. The molecule has 1 aromatic rings. The first kappa shape index (κ1) is 13.2. The van der Waals surface area contributed by atoms with Gasteiger partial charge in [-0.1, -0.05) is 23.7 Å². The summed E-state index contributed by atoms with van der Waals surface area (Å²) < 4.78 is 21.7. The highest BCUT2D eigenvalue weighted by Gasteiger charge is 2.08. The molecule has 5 heteroatoms. The molecule has 0 aliphatic carbocycles. The summed E-state index contributed by atoms with van der Waals surface area (Å²) in [6.45, 7) is 0. The molecule has 0 N–H and O–H groups in total. The van der Waals surface area contributed by atoms with Crippen molar-refractivity contribution < 1.29 is 13.2 Å². The van der Waals surface area contributed by atoms with Crippen LogP contribution in [0.15, 0.2) is 24.3 Å². The van der Waals surface area contributed by atoms with E-state index < -0.39 is 9.84 Å². The number of sulfone groups is 1. The maximum Gasteiger partial charge on any atom is 0.147 e. The molecule has 0 aliphatic rings. The second-order valence-corrected chi connectivity index (χ2v) is 6.42. The fraction of sp³-hybridized carbons (Fsp3) is 0.364. The van der Waals surface area contributed by atoms with E-state index in [1.807, 2.05) is 0 Å². The van der Waals surface area contributed by atoms with Crippen LogP contribution >= 0.6 is 11.6 Å². The third kappa shape index (κ3) is 5.28. The fourth-order valence-electron chi connectivity index (χ4n) is 1.22. The molecule has 0 bridgehead atoms. The number of rotatable bonds is 5. The molecule has 0 atom stereocenters. The Morgan fingerprint density at radius 3 is 2.31 bits per heavy atom. The summed E-state index contributed by atoms with van der Waals surface area (Å²) >= 11 is 5.70. The number of hydrogen-bond acceptors (Lipinski definition) is 3. The smallest absolute Gasteiger partial charge is 0.147 e. The molecule has 0 saturated carbocycles. The van der Waals surface area contributed by atoms with Gasteiger partial charge in [0.1, 0.15) is 15.6 Å². The van der Waals surface area contributed by atoms with Crippen molar-refractivity contribution in [3.63, 3.8) is 0 Å². The van der Waals surface area contributed by atoms with Crippen LogP contribution in [-0.2, 0) is 21.1 Å². The van der Waals surface area contributed by atoms with E-state index in [4.69, 9.17) is 11.6 Å². The molecular weight excluding hydrogens is 248 g/mol. The minimum absolute atomic E-state index is 0.0709. The van der Waals surface area contributed by atoms with Gasteiger partial charge in [0.2, 0.25) is 0 Å². The number of halogens is 1. The van der Waals surface area contributed by atoms with E-state index in [0.717, 1.165) is 11.8 Å². The molecule has 0 aromatic heterocycles. The molecule has 0 unspecified atom stereocenters. The van der Waals surface area contributed by atoms with Gasteiger partial charge in [0.25, 0.3) is 0 Å². The largest absolute Gasteiger partial charge is 0.299 e. The average Bonchev–Trinajstić information content (AvgIpc) is 2.18. The Kier molecular flexibility index (Phi) is 4.50. The summed E-state index contributed by atoms with van der Waals surface area (Å²) in [5.41, 5.74) is 0.850. The van der Waals surface area contributed by atoms with Crippen molar-refractivity contribution in [2.45, 2.75) is 12.8 Å². The van der Waals surface area contributed by atoms with Crippen molar-refractivity contribution in [2.24, 2.45) is 0 Å². The molecule has 0 aliphatic heterocycles. The molecule has 0 spiro atoms. The lowest BCUT2D eigenvalue weighted by molar-refractivity contribution is -0.118. The van der Waals surface area contributed by atoms with Gasteiger partial charge in [-0.2, -0.15) is 0 Å². The van der Waals surface area contributed by atoms with Crippen LogP contribution in [0, 0.1) is 0 Å². The van der Waals surface area contributed by atoms with Crippen molar-refractivity contribution >= 4 is 27.2 Å². The van der Waals surface area contributed by atoms with E-state index in [0.29, 0.717) is 5.02 Å². The Hall–Kier alpha value is -0.870. The van der Waals surface area contributed by atoms with E-state index in [9.17, 15) is 13.2 Å². The summed E-state index contributed by atoms with van der Waals surface area (Å²) in [4.78, 5) is 11.4. The van der Waals surface area contributed by atoms with Gasteiger partial charge in [-0.05, 0) is 17.7 Å². The lowest BCUT2D eigenvalue weighted by Crippen LogP contribution is -2.11. The molecule has 16 heavy (non-hydrogen) atoms. The van der Waals surface area contributed by atoms with E-state index in [-0.39, 0.29) is 24.4 Å². The monoisotopic (exact) mass is 260 g/mol. The number of hydrogen-bond donors (Lipinski definition) is 0. The van der Waals surface area contributed by atoms with E-state index in [2.05, 4.69) is 0 Å². The number of carbonyl (C=O) groups excluding carboxylic acids is 1. The molecule has 1 aromatic carbocycles. The van der Waals surface area contributed by atoms with Gasteiger partial charge < -0.3 is 0 Å². The summed E-state index contributed by atoms with van der Waals surface area (Å²) in [5.74, 6) is -0.160. The van der Waals surface area contributed by atoms with Crippen LogP contribution < -0.4 is 0 Å². The second kappa shape index (κ2) is 5.46. The SMILES string of the molecule is CS(=O)(=O)CCC(=O)Cc1ccc(Cl)cc1. The number of carbonyl (C=O) groups is 1. The van der Waals surface area contributed by atoms with Crippen LogP contribution in [0.3, 0.4) is 0 Å². The van der Waals surface area contributed by atoms with Crippen LogP contribution in [0.5, 0.6) is 0 Å². The van der Waals surface area contributed by atoms with Crippen molar-refractivity contribution in [1.82, 2.24) is 0 Å². The maximum atomic E-state index is 11.4. The summed E-state index contributed by atoms with van der Waals surface area (Å²) in [6.07, 6.45) is 1.46. The highest BCUT2D eigenvalue weighted by atomic mass is 35.5. The molecule has 88 valence electrons. The normalized spacial score (nSPS) is 11.4. The van der Waals surface area contributed by atoms with Crippen molar-refractivity contribution in [2.75, 3.05) is 12.0 Å². The third-order valence-electron chi connectivity index (χ3n) is 2.07. The Morgan fingerprint density at radius 1 is 1.25 bits per heavy atom. The summed E-state index contributed by atoms with van der Waals surface area (Å²) in [5, 5.41) is 0.618. The van der Waals surface area contributed by atoms with Crippen molar-refractivity contribution in [3.8, 4) is 0 Å². The highest BCUT2D eigenvalue weighted by molar-refractivity contribution is 7.90. The topological polar surface area (TPSA) is 51.2 Å². The molecule has 3 nitrogen and oxygen atoms in total. The Balaban J connectivity index is 2.49. The van der Waals surface area contributed by atoms with Gasteiger partial charge in [0.05, 0.1) is 5.75 Å². The Morgan fingerprint density at radius 2 is 1.81 bits per heavy atom. The predicted molar refractivity (Wildman–Crippen MR) is 64.5 cm³/mol. The number of ketones is 1. The second-order valence-electron chi connectivity index (χ2n) is 3.72. The zero-order chi connectivity index (χ0) is 12.2. The van der Waals surface area contributed by atoms with Gasteiger partial charge in [-0.25, -0.2) is 8.42 Å². The molecular formula is C11H13ClO3S. The van der Waals surface area contributed by atoms with Gasteiger partial charge in [-0.15, -0.1) is 0 Å². The van der Waals surface area contributed by atoms with E-state index >= 15 is 0 Å². The van der Waals surface area contributed by atoms with Crippen LogP contribution in [0.25, 0.3) is 0 Å². The first-order chi connectivity index (χ1) is 7.37. The van der Waals surface area contributed by atoms with Crippen molar-refractivity contribution in [3.05, 3.63) is 34.9 Å². The third-order valence-corrected chi connectivity index (χ3v) is 3.26. The zero-order valence-corrected chi connectivity index (χ0v) is 10.5. The van der Waals surface area contributed by atoms with E-state index in [1.54, 1.807) is 24.3 Å². The molecule has 0 radical (unpaired) electrons. The summed E-state index contributed by atoms with van der Waals surface area (Å²) in [6, 6.07) is 6.95. The number of Topliss-reactive ketones (excluding diaryl/α,β-unsaturated/α-hetero) is 1. The Bertz CT molecular complexity index is 463. The lowest BCUT2D eigenvalue weighted by Gasteiger charge is -2.01.